The van der Waals surface area contributed by atoms with E-state index in [2.05, 4.69) is 9.97 Å². The van der Waals surface area contributed by atoms with Gasteiger partial charge in [-0.05, 0) is 12.8 Å². The minimum absolute atomic E-state index is 0.372. The lowest BCUT2D eigenvalue weighted by Gasteiger charge is -2.34. The molecular formula is C11H14Cl2N2O. The lowest BCUT2D eigenvalue weighted by Crippen LogP contribution is -2.33. The molecular weight excluding hydrogens is 247 g/mol. The van der Waals surface area contributed by atoms with Gasteiger partial charge < -0.3 is 4.74 Å². The molecule has 0 saturated heterocycles. The van der Waals surface area contributed by atoms with Crippen LogP contribution in [0, 0.1) is 0 Å². The molecule has 0 unspecified atom stereocenters. The first kappa shape index (κ1) is 12.1. The van der Waals surface area contributed by atoms with Crippen molar-refractivity contribution in [3.8, 4) is 0 Å². The summed E-state index contributed by atoms with van der Waals surface area (Å²) in [5, 5.41) is 0.744. The molecule has 0 atom stereocenters. The zero-order chi connectivity index (χ0) is 11.6. The maximum atomic E-state index is 5.90. The first-order chi connectivity index (χ1) is 7.66. The van der Waals surface area contributed by atoms with E-state index < -0.39 is 5.60 Å². The van der Waals surface area contributed by atoms with Crippen LogP contribution < -0.4 is 0 Å². The van der Waals surface area contributed by atoms with Crippen molar-refractivity contribution in [2.24, 2.45) is 0 Å². The van der Waals surface area contributed by atoms with E-state index in [1.54, 1.807) is 13.2 Å². The molecule has 1 fully saturated rings. The van der Waals surface area contributed by atoms with Gasteiger partial charge in [0.25, 0.3) is 0 Å². The predicted octanol–water partition coefficient (Wildman–Crippen LogP) is 3.59. The fourth-order valence-electron chi connectivity index (χ4n) is 2.24. The van der Waals surface area contributed by atoms with Crippen LogP contribution in [0.15, 0.2) is 6.07 Å². The SMILES string of the molecule is COC1(c2nc(Cl)cc(Cl)n2)CCCCC1. The molecule has 16 heavy (non-hydrogen) atoms. The van der Waals surface area contributed by atoms with Crippen molar-refractivity contribution in [1.29, 1.82) is 0 Å². The molecule has 0 amide bonds. The largest absolute Gasteiger partial charge is 0.370 e. The van der Waals surface area contributed by atoms with Crippen molar-refractivity contribution in [3.05, 3.63) is 22.2 Å². The molecule has 0 radical (unpaired) electrons. The van der Waals surface area contributed by atoms with Crippen LogP contribution in [0.25, 0.3) is 0 Å². The van der Waals surface area contributed by atoms with Gasteiger partial charge in [-0.3, -0.25) is 0 Å². The molecule has 0 N–H and O–H groups in total. The fourth-order valence-corrected chi connectivity index (χ4v) is 2.66. The van der Waals surface area contributed by atoms with Gasteiger partial charge in [-0.15, -0.1) is 0 Å². The normalized spacial score (nSPS) is 19.7. The molecule has 0 bridgehead atoms. The molecule has 2 rings (SSSR count). The number of hydrogen-bond acceptors (Lipinski definition) is 3. The summed E-state index contributed by atoms with van der Waals surface area (Å²) in [5.41, 5.74) is -0.396. The summed E-state index contributed by atoms with van der Waals surface area (Å²) in [7, 11) is 1.70. The number of nitrogens with zero attached hydrogens (tertiary/aromatic N) is 2. The molecule has 0 aromatic carbocycles. The second-order valence-corrected chi connectivity index (χ2v) is 4.87. The third-order valence-electron chi connectivity index (χ3n) is 3.12. The van der Waals surface area contributed by atoms with Crippen molar-refractivity contribution in [1.82, 2.24) is 9.97 Å². The summed E-state index contributed by atoms with van der Waals surface area (Å²) in [4.78, 5) is 8.49. The molecule has 0 spiro atoms. The van der Waals surface area contributed by atoms with Crippen LogP contribution in [0.5, 0.6) is 0 Å². The van der Waals surface area contributed by atoms with Crippen LogP contribution in [-0.2, 0) is 10.3 Å². The Balaban J connectivity index is 2.38. The first-order valence-corrected chi connectivity index (χ1v) is 6.18. The Morgan fingerprint density at radius 2 is 1.69 bits per heavy atom. The van der Waals surface area contributed by atoms with Crippen LogP contribution in [-0.4, -0.2) is 17.1 Å². The summed E-state index contributed by atoms with van der Waals surface area (Å²) < 4.78 is 5.63. The van der Waals surface area contributed by atoms with Gasteiger partial charge >= 0.3 is 0 Å². The van der Waals surface area contributed by atoms with E-state index in [4.69, 9.17) is 27.9 Å². The zero-order valence-corrected chi connectivity index (χ0v) is 10.7. The highest BCUT2D eigenvalue weighted by Gasteiger charge is 2.37. The molecule has 1 heterocycles. The van der Waals surface area contributed by atoms with E-state index in [0.29, 0.717) is 16.1 Å². The highest BCUT2D eigenvalue weighted by Crippen LogP contribution is 2.38. The number of hydrogen-bond donors (Lipinski definition) is 0. The molecule has 1 aromatic heterocycles. The minimum atomic E-state index is -0.396. The minimum Gasteiger partial charge on any atom is -0.370 e. The summed E-state index contributed by atoms with van der Waals surface area (Å²) in [6, 6.07) is 1.54. The lowest BCUT2D eigenvalue weighted by molar-refractivity contribution is -0.0514. The highest BCUT2D eigenvalue weighted by molar-refractivity contribution is 6.33. The summed E-state index contributed by atoms with van der Waals surface area (Å²) >= 11 is 11.8. The second-order valence-electron chi connectivity index (χ2n) is 4.10. The van der Waals surface area contributed by atoms with Crippen molar-refractivity contribution >= 4 is 23.2 Å². The van der Waals surface area contributed by atoms with Gasteiger partial charge in [-0.25, -0.2) is 9.97 Å². The van der Waals surface area contributed by atoms with Gasteiger partial charge in [0.15, 0.2) is 5.82 Å². The van der Waals surface area contributed by atoms with Gasteiger partial charge in [0.1, 0.15) is 15.9 Å². The Hall–Kier alpha value is -0.380. The van der Waals surface area contributed by atoms with E-state index in [-0.39, 0.29) is 0 Å². The third kappa shape index (κ3) is 2.31. The average Bonchev–Trinajstić information content (AvgIpc) is 2.28. The van der Waals surface area contributed by atoms with Gasteiger partial charge in [0.2, 0.25) is 0 Å². The Kier molecular flexibility index (Phi) is 3.67. The van der Waals surface area contributed by atoms with Crippen molar-refractivity contribution < 1.29 is 4.74 Å². The number of methoxy groups -OCH3 is 1. The summed E-state index contributed by atoms with van der Waals surface area (Å²) in [6.45, 7) is 0. The Bertz CT molecular complexity index is 358. The standard InChI is InChI=1S/C11H14Cl2N2O/c1-16-11(5-3-2-4-6-11)10-14-8(12)7-9(13)15-10/h7H,2-6H2,1H3. The molecule has 1 aromatic rings. The smallest absolute Gasteiger partial charge is 0.163 e. The quantitative estimate of drug-likeness (QED) is 0.763. The third-order valence-corrected chi connectivity index (χ3v) is 3.51. The highest BCUT2D eigenvalue weighted by atomic mass is 35.5. The van der Waals surface area contributed by atoms with Crippen LogP contribution >= 0.6 is 23.2 Å². The fraction of sp³-hybridized carbons (Fsp3) is 0.636. The van der Waals surface area contributed by atoms with E-state index in [0.717, 1.165) is 25.7 Å². The number of ether oxygens (including phenoxy) is 1. The van der Waals surface area contributed by atoms with E-state index in [1.807, 2.05) is 0 Å². The van der Waals surface area contributed by atoms with Crippen molar-refractivity contribution in [3.63, 3.8) is 0 Å². The van der Waals surface area contributed by atoms with Crippen LogP contribution in [0.3, 0.4) is 0 Å². The van der Waals surface area contributed by atoms with Crippen LogP contribution in [0.4, 0.5) is 0 Å². The topological polar surface area (TPSA) is 35.0 Å². The molecule has 5 heteroatoms. The predicted molar refractivity (Wildman–Crippen MR) is 63.8 cm³/mol. The van der Waals surface area contributed by atoms with E-state index >= 15 is 0 Å². The second kappa shape index (κ2) is 4.86. The van der Waals surface area contributed by atoms with Crippen molar-refractivity contribution in [2.75, 3.05) is 7.11 Å². The molecule has 1 aliphatic rings. The van der Waals surface area contributed by atoms with Gasteiger partial charge in [0.05, 0.1) is 0 Å². The maximum absolute atomic E-state index is 5.90. The molecule has 1 saturated carbocycles. The molecule has 0 aliphatic heterocycles. The van der Waals surface area contributed by atoms with Gasteiger partial charge in [0, 0.05) is 13.2 Å². The lowest BCUT2D eigenvalue weighted by atomic mass is 9.84. The van der Waals surface area contributed by atoms with E-state index in [1.165, 1.54) is 6.42 Å². The van der Waals surface area contributed by atoms with E-state index in [9.17, 15) is 0 Å². The number of halogens is 2. The molecule has 1 aliphatic carbocycles. The monoisotopic (exact) mass is 260 g/mol. The maximum Gasteiger partial charge on any atom is 0.163 e. The Morgan fingerprint density at radius 1 is 1.12 bits per heavy atom. The Morgan fingerprint density at radius 3 is 2.19 bits per heavy atom. The summed E-state index contributed by atoms with van der Waals surface area (Å²) in [5.74, 6) is 0.618. The number of rotatable bonds is 2. The molecule has 88 valence electrons. The molecule has 3 nitrogen and oxygen atoms in total. The Labute approximate surface area is 105 Å². The van der Waals surface area contributed by atoms with Crippen molar-refractivity contribution in [2.45, 2.75) is 37.7 Å². The van der Waals surface area contributed by atoms with Gasteiger partial charge in [-0.1, -0.05) is 42.5 Å². The van der Waals surface area contributed by atoms with Crippen LogP contribution in [0.1, 0.15) is 37.9 Å². The first-order valence-electron chi connectivity index (χ1n) is 5.42. The van der Waals surface area contributed by atoms with Crippen LogP contribution in [0.2, 0.25) is 10.3 Å². The number of aromatic nitrogens is 2. The summed E-state index contributed by atoms with van der Waals surface area (Å²) in [6.07, 6.45) is 5.35. The average molecular weight is 261 g/mol. The van der Waals surface area contributed by atoms with Gasteiger partial charge in [-0.2, -0.15) is 0 Å². The zero-order valence-electron chi connectivity index (χ0n) is 9.17.